The number of aliphatic hydroxyl groups excluding tert-OH is 8. The van der Waals surface area contributed by atoms with Gasteiger partial charge in [-0.05, 0) is 19.3 Å². The molecule has 2 heterocycles. The highest BCUT2D eigenvalue weighted by Gasteiger charge is 2.51. The summed E-state index contributed by atoms with van der Waals surface area (Å²) in [7, 11) is 0. The fourth-order valence-electron chi connectivity index (χ4n) is 12.2. The molecule has 2 aliphatic rings. The summed E-state index contributed by atoms with van der Waals surface area (Å²) < 4.78 is 22.9. The van der Waals surface area contributed by atoms with Gasteiger partial charge >= 0.3 is 0 Å². The standard InChI is InChI=1S/C70H135NO13/c1-3-5-7-9-11-13-15-17-19-21-23-25-27-28-29-30-32-34-36-38-40-42-44-46-48-50-52-54-62(75)71-58(57-81-69-67(80)65(78)68(61(56-73)83-69)84-70-66(79)64(77)63(76)60(55-72)82-70)59(74)53-51-49-47-45-43-41-39-37-35-33-31-26-24-22-20-18-16-14-12-10-8-6-4-2/h51,53,58-61,63-70,72-74,76-80H,3-50,52,54-57H2,1-2H3,(H,71,75)/b53-51+. The summed E-state index contributed by atoms with van der Waals surface area (Å²) in [5.41, 5.74) is 0. The van der Waals surface area contributed by atoms with Gasteiger partial charge in [-0.25, -0.2) is 0 Å². The van der Waals surface area contributed by atoms with Crippen LogP contribution in [-0.2, 0) is 23.7 Å². The molecule has 2 saturated heterocycles. The van der Waals surface area contributed by atoms with E-state index in [0.717, 1.165) is 44.9 Å². The van der Waals surface area contributed by atoms with Crippen LogP contribution in [0.25, 0.3) is 0 Å². The van der Waals surface area contributed by atoms with Gasteiger partial charge in [0, 0.05) is 6.42 Å². The van der Waals surface area contributed by atoms with E-state index in [1.54, 1.807) is 6.08 Å². The summed E-state index contributed by atoms with van der Waals surface area (Å²) >= 11 is 0. The van der Waals surface area contributed by atoms with Crippen LogP contribution in [0.1, 0.15) is 335 Å². The third-order valence-electron chi connectivity index (χ3n) is 18.0. The molecule has 0 aromatic heterocycles. The molecular weight excluding hydrogens is 1060 g/mol. The van der Waals surface area contributed by atoms with Gasteiger partial charge < -0.3 is 65.1 Å². The van der Waals surface area contributed by atoms with Crippen molar-refractivity contribution in [1.29, 1.82) is 0 Å². The quantitative estimate of drug-likeness (QED) is 0.0204. The molecule has 84 heavy (non-hydrogen) atoms. The topological polar surface area (TPSA) is 228 Å². The van der Waals surface area contributed by atoms with Gasteiger partial charge in [-0.1, -0.05) is 321 Å². The second kappa shape index (κ2) is 55.8. The minimum atomic E-state index is -1.79. The van der Waals surface area contributed by atoms with Crippen LogP contribution in [0, 0.1) is 0 Å². The van der Waals surface area contributed by atoms with Gasteiger partial charge in [-0.3, -0.25) is 4.79 Å². The number of hydrogen-bond acceptors (Lipinski definition) is 13. The second-order valence-corrected chi connectivity index (χ2v) is 25.7. The third kappa shape index (κ3) is 39.7. The van der Waals surface area contributed by atoms with E-state index in [4.69, 9.17) is 18.9 Å². The molecule has 1 amide bonds. The van der Waals surface area contributed by atoms with E-state index in [9.17, 15) is 45.6 Å². The maximum atomic E-state index is 13.3. The van der Waals surface area contributed by atoms with E-state index in [1.807, 2.05) is 6.08 Å². The van der Waals surface area contributed by atoms with Crippen LogP contribution in [0.3, 0.4) is 0 Å². The first-order chi connectivity index (χ1) is 41.1. The number of unbranched alkanes of at least 4 members (excludes halogenated alkanes) is 47. The molecule has 2 rings (SSSR count). The van der Waals surface area contributed by atoms with Gasteiger partial charge in [-0.15, -0.1) is 0 Å². The minimum absolute atomic E-state index is 0.230. The van der Waals surface area contributed by atoms with Crippen molar-refractivity contribution in [1.82, 2.24) is 5.32 Å². The van der Waals surface area contributed by atoms with Gasteiger partial charge in [0.25, 0.3) is 0 Å². The van der Waals surface area contributed by atoms with E-state index in [0.29, 0.717) is 0 Å². The highest BCUT2D eigenvalue weighted by Crippen LogP contribution is 2.30. The summed E-state index contributed by atoms with van der Waals surface area (Å²) in [6.07, 6.45) is 51.3. The normalized spacial score (nSPS) is 23.6. The number of nitrogens with one attached hydrogen (secondary N) is 1. The molecule has 14 heteroatoms. The Labute approximate surface area is 514 Å². The molecule has 0 aliphatic carbocycles. The van der Waals surface area contributed by atoms with Crippen molar-refractivity contribution >= 4 is 5.91 Å². The summed E-state index contributed by atoms with van der Waals surface area (Å²) in [4.78, 5) is 13.3. The van der Waals surface area contributed by atoms with Crippen molar-refractivity contribution < 1.29 is 64.6 Å². The van der Waals surface area contributed by atoms with E-state index in [-0.39, 0.29) is 18.9 Å². The van der Waals surface area contributed by atoms with Gasteiger partial charge in [0.15, 0.2) is 12.6 Å². The Morgan fingerprint density at radius 2 is 0.738 bits per heavy atom. The smallest absolute Gasteiger partial charge is 0.220 e. The van der Waals surface area contributed by atoms with Crippen molar-refractivity contribution in [3.05, 3.63) is 12.2 Å². The monoisotopic (exact) mass is 1200 g/mol. The number of hydrogen-bond donors (Lipinski definition) is 9. The Bertz CT molecular complexity index is 1460. The van der Waals surface area contributed by atoms with Crippen LogP contribution >= 0.6 is 0 Å². The molecular formula is C70H135NO13. The predicted molar refractivity (Wildman–Crippen MR) is 342 cm³/mol. The Hall–Kier alpha value is -1.27. The molecule has 14 nitrogen and oxygen atoms in total. The van der Waals surface area contributed by atoms with Crippen molar-refractivity contribution in [2.45, 2.75) is 408 Å². The van der Waals surface area contributed by atoms with Crippen molar-refractivity contribution in [2.24, 2.45) is 0 Å². The highest BCUT2D eigenvalue weighted by molar-refractivity contribution is 5.76. The molecule has 9 N–H and O–H groups in total. The highest BCUT2D eigenvalue weighted by atomic mass is 16.7. The first-order valence-corrected chi connectivity index (χ1v) is 35.9. The molecule has 0 bridgehead atoms. The van der Waals surface area contributed by atoms with Crippen LogP contribution in [0.5, 0.6) is 0 Å². The maximum Gasteiger partial charge on any atom is 0.220 e. The average Bonchev–Trinajstić information content (AvgIpc) is 3.62. The average molecular weight is 1200 g/mol. The molecule has 2 fully saturated rings. The van der Waals surface area contributed by atoms with Gasteiger partial charge in [0.05, 0.1) is 32.0 Å². The zero-order valence-corrected chi connectivity index (χ0v) is 54.2. The minimum Gasteiger partial charge on any atom is -0.394 e. The van der Waals surface area contributed by atoms with E-state index in [1.165, 1.54) is 270 Å². The maximum absolute atomic E-state index is 13.3. The van der Waals surface area contributed by atoms with Gasteiger partial charge in [0.1, 0.15) is 48.8 Å². The number of ether oxygens (including phenoxy) is 4. The van der Waals surface area contributed by atoms with Crippen LogP contribution in [0.4, 0.5) is 0 Å². The van der Waals surface area contributed by atoms with Crippen LogP contribution in [0.2, 0.25) is 0 Å². The summed E-state index contributed by atoms with van der Waals surface area (Å²) in [5.74, 6) is -0.230. The van der Waals surface area contributed by atoms with Crippen molar-refractivity contribution in [3.8, 4) is 0 Å². The first-order valence-electron chi connectivity index (χ1n) is 35.9. The Kier molecular flexibility index (Phi) is 52.3. The number of amides is 1. The van der Waals surface area contributed by atoms with Gasteiger partial charge in [-0.2, -0.15) is 0 Å². The molecule has 0 aromatic carbocycles. The molecule has 12 unspecified atom stereocenters. The van der Waals surface area contributed by atoms with E-state index in [2.05, 4.69) is 19.2 Å². The van der Waals surface area contributed by atoms with Crippen molar-refractivity contribution in [2.75, 3.05) is 19.8 Å². The lowest BCUT2D eigenvalue weighted by Crippen LogP contribution is -2.65. The number of carbonyl (C=O) groups excluding carboxylic acids is 1. The lowest BCUT2D eigenvalue weighted by molar-refractivity contribution is -0.359. The molecule has 0 spiro atoms. The number of rotatable bonds is 60. The lowest BCUT2D eigenvalue weighted by atomic mass is 9.97. The second-order valence-electron chi connectivity index (χ2n) is 25.7. The lowest BCUT2D eigenvalue weighted by Gasteiger charge is -2.46. The zero-order chi connectivity index (χ0) is 60.9. The molecule has 0 aromatic rings. The molecule has 2 aliphatic heterocycles. The largest absolute Gasteiger partial charge is 0.394 e. The molecule has 12 atom stereocenters. The fourth-order valence-corrected chi connectivity index (χ4v) is 12.2. The Balaban J connectivity index is 1.67. The van der Waals surface area contributed by atoms with Gasteiger partial charge in [0.2, 0.25) is 5.91 Å². The fraction of sp³-hybridized carbons (Fsp3) is 0.957. The number of allylic oxidation sites excluding steroid dienone is 1. The molecule has 0 radical (unpaired) electrons. The number of aliphatic hydroxyl groups is 8. The molecule has 0 saturated carbocycles. The zero-order valence-electron chi connectivity index (χ0n) is 54.2. The van der Waals surface area contributed by atoms with Crippen molar-refractivity contribution in [3.63, 3.8) is 0 Å². The van der Waals surface area contributed by atoms with E-state index < -0.39 is 86.8 Å². The molecule has 498 valence electrons. The predicted octanol–water partition coefficient (Wildman–Crippen LogP) is 14.6. The Morgan fingerprint density at radius 1 is 0.417 bits per heavy atom. The summed E-state index contributed by atoms with van der Waals surface area (Å²) in [6.45, 7) is 2.86. The first kappa shape index (κ1) is 78.8. The summed E-state index contributed by atoms with van der Waals surface area (Å²) in [6, 6.07) is -0.911. The number of carbonyl (C=O) groups is 1. The van der Waals surface area contributed by atoms with E-state index >= 15 is 0 Å². The Morgan fingerprint density at radius 3 is 1.10 bits per heavy atom. The van der Waals surface area contributed by atoms with Crippen LogP contribution in [0.15, 0.2) is 12.2 Å². The SMILES string of the molecule is CCCCCCCCCCCCCCCCCCCCCCC/C=C/C(O)C(COC1OC(CO)C(OC2OC(CO)C(O)C(O)C2O)C(O)C1O)NC(=O)CCCCCCCCCCCCCCCCCCCCCCCCCCCCC. The van der Waals surface area contributed by atoms with Crippen LogP contribution < -0.4 is 5.32 Å². The third-order valence-corrected chi connectivity index (χ3v) is 18.0. The summed E-state index contributed by atoms with van der Waals surface area (Å²) in [5, 5.41) is 87.5. The van der Waals surface area contributed by atoms with Crippen LogP contribution in [-0.4, -0.2) is 140 Å².